The Labute approximate surface area is 158 Å². The number of fused-ring (bicyclic) bond motifs is 1. The molecular weight excluding hydrogens is 340 g/mol. The number of aryl methyl sites for hydroxylation is 1. The Balaban J connectivity index is 1.56. The molecule has 1 aromatic heterocycles. The number of para-hydroxylation sites is 1. The number of morpholine rings is 1. The lowest BCUT2D eigenvalue weighted by molar-refractivity contribution is 0.0361. The normalized spacial score (nSPS) is 15.1. The lowest BCUT2D eigenvalue weighted by Gasteiger charge is -2.26. The summed E-state index contributed by atoms with van der Waals surface area (Å²) >= 11 is 0. The second-order valence-electron chi connectivity index (χ2n) is 6.87. The minimum atomic E-state index is -0.179. The van der Waals surface area contributed by atoms with E-state index in [0.29, 0.717) is 5.69 Å². The molecule has 0 bridgehead atoms. The minimum absolute atomic E-state index is 0.179. The van der Waals surface area contributed by atoms with Gasteiger partial charge in [0.25, 0.3) is 5.91 Å². The van der Waals surface area contributed by atoms with E-state index in [9.17, 15) is 4.79 Å². The number of aromatic nitrogens is 2. The van der Waals surface area contributed by atoms with Crippen LogP contribution in [0, 0.1) is 6.92 Å². The summed E-state index contributed by atoms with van der Waals surface area (Å²) < 4.78 is 7.35. The molecule has 2 heterocycles. The van der Waals surface area contributed by atoms with E-state index in [4.69, 9.17) is 4.74 Å². The van der Waals surface area contributed by atoms with Gasteiger partial charge in [-0.25, -0.2) is 0 Å². The monoisotopic (exact) mass is 364 g/mol. The molecule has 140 valence electrons. The third-order valence-corrected chi connectivity index (χ3v) is 4.88. The standard InChI is InChI=1S/C21H24N4O2/c1-16-5-4-6-17(15-16)22-21(26)20-18-7-2-3-8-19(18)25(23-20)10-9-24-11-13-27-14-12-24/h2-8,15H,9-14H2,1H3,(H,22,26). The van der Waals surface area contributed by atoms with Crippen LogP contribution in [0.4, 0.5) is 5.69 Å². The van der Waals surface area contributed by atoms with E-state index in [-0.39, 0.29) is 5.91 Å². The lowest BCUT2D eigenvalue weighted by Crippen LogP contribution is -2.38. The predicted molar refractivity (Wildman–Crippen MR) is 106 cm³/mol. The third kappa shape index (κ3) is 4.02. The molecule has 1 aliphatic heterocycles. The Bertz CT molecular complexity index is 944. The van der Waals surface area contributed by atoms with Crippen LogP contribution in [0.1, 0.15) is 16.1 Å². The first-order valence-corrected chi connectivity index (χ1v) is 9.34. The van der Waals surface area contributed by atoms with E-state index in [1.165, 1.54) is 0 Å². The summed E-state index contributed by atoms with van der Waals surface area (Å²) in [6.07, 6.45) is 0. The highest BCUT2D eigenvalue weighted by atomic mass is 16.5. The second-order valence-corrected chi connectivity index (χ2v) is 6.87. The summed E-state index contributed by atoms with van der Waals surface area (Å²) in [4.78, 5) is 15.2. The molecule has 0 saturated carbocycles. The van der Waals surface area contributed by atoms with Crippen molar-refractivity contribution in [2.45, 2.75) is 13.5 Å². The number of hydrogen-bond donors (Lipinski definition) is 1. The molecule has 27 heavy (non-hydrogen) atoms. The minimum Gasteiger partial charge on any atom is -0.379 e. The summed E-state index contributed by atoms with van der Waals surface area (Å²) in [6.45, 7) is 7.10. The molecule has 1 fully saturated rings. The van der Waals surface area contributed by atoms with Crippen LogP contribution >= 0.6 is 0 Å². The number of carbonyl (C=O) groups is 1. The molecule has 4 rings (SSSR count). The lowest BCUT2D eigenvalue weighted by atomic mass is 10.2. The van der Waals surface area contributed by atoms with Crippen molar-refractivity contribution < 1.29 is 9.53 Å². The molecule has 1 saturated heterocycles. The zero-order valence-electron chi connectivity index (χ0n) is 15.5. The number of ether oxygens (including phenoxy) is 1. The van der Waals surface area contributed by atoms with Crippen LogP contribution in [0.15, 0.2) is 48.5 Å². The van der Waals surface area contributed by atoms with Crippen LogP contribution in [0.3, 0.4) is 0 Å². The molecule has 1 N–H and O–H groups in total. The van der Waals surface area contributed by atoms with Crippen molar-refractivity contribution in [1.29, 1.82) is 0 Å². The molecule has 0 spiro atoms. The van der Waals surface area contributed by atoms with Crippen LogP contribution in [0.25, 0.3) is 10.9 Å². The van der Waals surface area contributed by atoms with Crippen molar-refractivity contribution in [1.82, 2.24) is 14.7 Å². The highest BCUT2D eigenvalue weighted by Gasteiger charge is 2.18. The van der Waals surface area contributed by atoms with E-state index >= 15 is 0 Å². The van der Waals surface area contributed by atoms with Gasteiger partial charge in [-0.3, -0.25) is 14.4 Å². The van der Waals surface area contributed by atoms with Gasteiger partial charge in [0.05, 0.1) is 25.3 Å². The van der Waals surface area contributed by atoms with Crippen molar-refractivity contribution in [2.75, 3.05) is 38.2 Å². The van der Waals surface area contributed by atoms with Crippen molar-refractivity contribution in [3.05, 3.63) is 59.8 Å². The summed E-state index contributed by atoms with van der Waals surface area (Å²) in [7, 11) is 0. The molecular formula is C21H24N4O2. The highest BCUT2D eigenvalue weighted by molar-refractivity contribution is 6.11. The molecule has 6 heteroatoms. The Morgan fingerprint density at radius 2 is 1.93 bits per heavy atom. The molecule has 0 aliphatic carbocycles. The van der Waals surface area contributed by atoms with Gasteiger partial charge >= 0.3 is 0 Å². The summed E-state index contributed by atoms with van der Waals surface area (Å²) in [6, 6.07) is 15.7. The number of anilines is 1. The first-order valence-electron chi connectivity index (χ1n) is 9.34. The van der Waals surface area contributed by atoms with Crippen LogP contribution in [0.2, 0.25) is 0 Å². The average molecular weight is 364 g/mol. The van der Waals surface area contributed by atoms with E-state index < -0.39 is 0 Å². The van der Waals surface area contributed by atoms with Crippen molar-refractivity contribution >= 4 is 22.5 Å². The van der Waals surface area contributed by atoms with Gasteiger partial charge in [0.15, 0.2) is 5.69 Å². The first-order chi connectivity index (χ1) is 13.2. The molecule has 1 aliphatic rings. The quantitative estimate of drug-likeness (QED) is 0.756. The average Bonchev–Trinajstić information content (AvgIpc) is 3.06. The van der Waals surface area contributed by atoms with E-state index in [1.54, 1.807) is 0 Å². The SMILES string of the molecule is Cc1cccc(NC(=O)c2nn(CCN3CCOCC3)c3ccccc23)c1. The number of carbonyl (C=O) groups excluding carboxylic acids is 1. The van der Waals surface area contributed by atoms with Gasteiger partial charge in [0.1, 0.15) is 0 Å². The van der Waals surface area contributed by atoms with Crippen molar-refractivity contribution in [3.63, 3.8) is 0 Å². The largest absolute Gasteiger partial charge is 0.379 e. The zero-order valence-corrected chi connectivity index (χ0v) is 15.5. The van der Waals surface area contributed by atoms with Gasteiger partial charge in [-0.05, 0) is 30.7 Å². The number of amides is 1. The summed E-state index contributed by atoms with van der Waals surface area (Å²) in [5, 5.41) is 8.49. The predicted octanol–water partition coefficient (Wildman–Crippen LogP) is 2.93. The second kappa shape index (κ2) is 7.90. The van der Waals surface area contributed by atoms with Crippen LogP contribution < -0.4 is 5.32 Å². The first kappa shape index (κ1) is 17.7. The fourth-order valence-electron chi connectivity index (χ4n) is 3.44. The van der Waals surface area contributed by atoms with Crippen molar-refractivity contribution in [2.24, 2.45) is 0 Å². The summed E-state index contributed by atoms with van der Waals surface area (Å²) in [5.41, 5.74) is 3.34. The highest BCUT2D eigenvalue weighted by Crippen LogP contribution is 2.20. The number of nitrogens with zero attached hydrogens (tertiary/aromatic N) is 3. The molecule has 0 atom stereocenters. The maximum atomic E-state index is 12.8. The van der Waals surface area contributed by atoms with Gasteiger partial charge in [-0.1, -0.05) is 30.3 Å². The van der Waals surface area contributed by atoms with Gasteiger partial charge in [0.2, 0.25) is 0 Å². The van der Waals surface area contributed by atoms with Gasteiger partial charge in [-0.2, -0.15) is 5.10 Å². The van der Waals surface area contributed by atoms with Gasteiger partial charge in [0, 0.05) is 30.7 Å². The van der Waals surface area contributed by atoms with Gasteiger partial charge in [-0.15, -0.1) is 0 Å². The van der Waals surface area contributed by atoms with Crippen molar-refractivity contribution in [3.8, 4) is 0 Å². The van der Waals surface area contributed by atoms with E-state index in [0.717, 1.165) is 61.5 Å². The Hall–Kier alpha value is -2.70. The molecule has 0 radical (unpaired) electrons. The Morgan fingerprint density at radius 3 is 2.74 bits per heavy atom. The smallest absolute Gasteiger partial charge is 0.276 e. The third-order valence-electron chi connectivity index (χ3n) is 4.88. The number of benzene rings is 2. The Kier molecular flexibility index (Phi) is 5.18. The fourth-order valence-corrected chi connectivity index (χ4v) is 3.44. The fraction of sp³-hybridized carbons (Fsp3) is 0.333. The maximum Gasteiger partial charge on any atom is 0.276 e. The van der Waals surface area contributed by atoms with Crippen LogP contribution in [0.5, 0.6) is 0 Å². The maximum absolute atomic E-state index is 12.8. The molecule has 3 aromatic rings. The Morgan fingerprint density at radius 1 is 1.11 bits per heavy atom. The van der Waals surface area contributed by atoms with E-state index in [2.05, 4.69) is 15.3 Å². The van der Waals surface area contributed by atoms with Gasteiger partial charge < -0.3 is 10.1 Å². The molecule has 0 unspecified atom stereocenters. The topological polar surface area (TPSA) is 59.4 Å². The summed E-state index contributed by atoms with van der Waals surface area (Å²) in [5.74, 6) is -0.179. The van der Waals surface area contributed by atoms with E-state index in [1.807, 2.05) is 60.1 Å². The molecule has 6 nitrogen and oxygen atoms in total. The molecule has 1 amide bonds. The van der Waals surface area contributed by atoms with Crippen LogP contribution in [-0.2, 0) is 11.3 Å². The number of hydrogen-bond acceptors (Lipinski definition) is 4. The molecule has 2 aromatic carbocycles. The number of nitrogens with one attached hydrogen (secondary N) is 1. The number of rotatable bonds is 5. The zero-order chi connectivity index (χ0) is 18.6. The van der Waals surface area contributed by atoms with Crippen LogP contribution in [-0.4, -0.2) is 53.4 Å².